The highest BCUT2D eigenvalue weighted by atomic mass is 16.1. The molecular weight excluding hydrogens is 240 g/mol. The SMILES string of the molecule is CC(C)n1ccnc(NCCC2CCCNC2)c1=O. The van der Waals surface area contributed by atoms with Crippen LogP contribution in [0.2, 0.25) is 0 Å². The Bertz CT molecular complexity index is 449. The summed E-state index contributed by atoms with van der Waals surface area (Å²) in [6.07, 6.45) is 7.06. The molecule has 1 unspecified atom stereocenters. The van der Waals surface area contributed by atoms with Gasteiger partial charge < -0.3 is 15.2 Å². The lowest BCUT2D eigenvalue weighted by atomic mass is 9.96. The number of hydrogen-bond donors (Lipinski definition) is 2. The Morgan fingerprint density at radius 1 is 1.58 bits per heavy atom. The maximum Gasteiger partial charge on any atom is 0.293 e. The van der Waals surface area contributed by atoms with Crippen LogP contribution in [0.3, 0.4) is 0 Å². The molecule has 0 bridgehead atoms. The number of anilines is 1. The molecule has 0 saturated carbocycles. The molecule has 1 aliphatic heterocycles. The van der Waals surface area contributed by atoms with Crippen molar-refractivity contribution in [3.63, 3.8) is 0 Å². The van der Waals surface area contributed by atoms with E-state index in [1.54, 1.807) is 17.0 Å². The van der Waals surface area contributed by atoms with Gasteiger partial charge in [-0.2, -0.15) is 0 Å². The normalized spacial score (nSPS) is 19.6. The molecule has 19 heavy (non-hydrogen) atoms. The number of hydrogen-bond acceptors (Lipinski definition) is 4. The number of nitrogens with zero attached hydrogens (tertiary/aromatic N) is 2. The first-order valence-electron chi connectivity index (χ1n) is 7.20. The second-order valence-corrected chi connectivity index (χ2v) is 5.51. The van der Waals surface area contributed by atoms with Gasteiger partial charge in [0, 0.05) is 25.0 Å². The van der Waals surface area contributed by atoms with Gasteiger partial charge in [0.25, 0.3) is 5.56 Å². The molecule has 5 heteroatoms. The molecule has 1 aromatic rings. The Morgan fingerprint density at radius 2 is 2.42 bits per heavy atom. The first kappa shape index (κ1) is 14.1. The number of rotatable bonds is 5. The predicted octanol–water partition coefficient (Wildman–Crippen LogP) is 1.63. The van der Waals surface area contributed by atoms with Crippen LogP contribution in [0.15, 0.2) is 17.2 Å². The van der Waals surface area contributed by atoms with Gasteiger partial charge in [-0.1, -0.05) is 0 Å². The molecule has 2 N–H and O–H groups in total. The molecule has 0 aliphatic carbocycles. The summed E-state index contributed by atoms with van der Waals surface area (Å²) in [7, 11) is 0. The monoisotopic (exact) mass is 264 g/mol. The first-order chi connectivity index (χ1) is 9.18. The molecule has 0 radical (unpaired) electrons. The molecule has 0 spiro atoms. The topological polar surface area (TPSA) is 59.0 Å². The summed E-state index contributed by atoms with van der Waals surface area (Å²) >= 11 is 0. The molecule has 1 saturated heterocycles. The van der Waals surface area contributed by atoms with E-state index in [0.29, 0.717) is 5.82 Å². The standard InChI is InChI=1S/C14H24N4O/c1-11(2)18-9-8-17-13(14(18)19)16-7-5-12-4-3-6-15-10-12/h8-9,11-12,15H,3-7,10H2,1-2H3,(H,16,17). The third-order valence-corrected chi connectivity index (χ3v) is 3.67. The minimum absolute atomic E-state index is 0.0285. The average molecular weight is 264 g/mol. The van der Waals surface area contributed by atoms with Crippen molar-refractivity contribution in [3.8, 4) is 0 Å². The van der Waals surface area contributed by atoms with Crippen molar-refractivity contribution in [3.05, 3.63) is 22.7 Å². The van der Waals surface area contributed by atoms with Gasteiger partial charge in [-0.15, -0.1) is 0 Å². The van der Waals surface area contributed by atoms with Gasteiger partial charge in [-0.25, -0.2) is 4.98 Å². The molecular formula is C14H24N4O. The third-order valence-electron chi connectivity index (χ3n) is 3.67. The Labute approximate surface area is 114 Å². The Morgan fingerprint density at radius 3 is 3.11 bits per heavy atom. The van der Waals surface area contributed by atoms with E-state index >= 15 is 0 Å². The molecule has 2 heterocycles. The van der Waals surface area contributed by atoms with E-state index in [9.17, 15) is 4.79 Å². The van der Waals surface area contributed by atoms with Gasteiger partial charge in [-0.05, 0) is 52.1 Å². The van der Waals surface area contributed by atoms with Crippen LogP contribution in [-0.4, -0.2) is 29.2 Å². The minimum Gasteiger partial charge on any atom is -0.365 e. The minimum atomic E-state index is -0.0285. The van der Waals surface area contributed by atoms with Gasteiger partial charge in [0.2, 0.25) is 0 Å². The van der Waals surface area contributed by atoms with Gasteiger partial charge in [0.1, 0.15) is 0 Å². The van der Waals surface area contributed by atoms with Crippen molar-refractivity contribution in [2.45, 2.75) is 39.2 Å². The Kier molecular flexibility index (Phi) is 4.96. The zero-order valence-corrected chi connectivity index (χ0v) is 11.9. The highest BCUT2D eigenvalue weighted by molar-refractivity contribution is 5.30. The van der Waals surface area contributed by atoms with Crippen molar-refractivity contribution < 1.29 is 0 Å². The maximum atomic E-state index is 12.1. The second kappa shape index (κ2) is 6.70. The van der Waals surface area contributed by atoms with Gasteiger partial charge in [0.15, 0.2) is 5.82 Å². The van der Waals surface area contributed by atoms with Crippen LogP contribution in [0.1, 0.15) is 39.2 Å². The van der Waals surface area contributed by atoms with E-state index in [1.807, 2.05) is 13.8 Å². The van der Waals surface area contributed by atoms with Crippen molar-refractivity contribution in [2.75, 3.05) is 25.0 Å². The Hall–Kier alpha value is -1.36. The fraction of sp³-hybridized carbons (Fsp3) is 0.714. The largest absolute Gasteiger partial charge is 0.365 e. The van der Waals surface area contributed by atoms with Crippen molar-refractivity contribution in [2.24, 2.45) is 5.92 Å². The van der Waals surface area contributed by atoms with E-state index < -0.39 is 0 Å². The molecule has 5 nitrogen and oxygen atoms in total. The summed E-state index contributed by atoms with van der Waals surface area (Å²) in [5.74, 6) is 1.19. The molecule has 0 aromatic carbocycles. The van der Waals surface area contributed by atoms with E-state index in [-0.39, 0.29) is 11.6 Å². The molecule has 1 fully saturated rings. The van der Waals surface area contributed by atoms with Crippen LogP contribution in [0.25, 0.3) is 0 Å². The van der Waals surface area contributed by atoms with Crippen molar-refractivity contribution in [1.29, 1.82) is 0 Å². The summed E-state index contributed by atoms with van der Waals surface area (Å²) in [6.45, 7) is 7.05. The van der Waals surface area contributed by atoms with E-state index in [4.69, 9.17) is 0 Å². The lowest BCUT2D eigenvalue weighted by Crippen LogP contribution is -2.31. The zero-order chi connectivity index (χ0) is 13.7. The highest BCUT2D eigenvalue weighted by Crippen LogP contribution is 2.13. The number of nitrogens with one attached hydrogen (secondary N) is 2. The highest BCUT2D eigenvalue weighted by Gasteiger charge is 2.13. The number of aromatic nitrogens is 2. The molecule has 1 aromatic heterocycles. The summed E-state index contributed by atoms with van der Waals surface area (Å²) in [6, 6.07) is 0.165. The lowest BCUT2D eigenvalue weighted by Gasteiger charge is -2.22. The predicted molar refractivity (Wildman–Crippen MR) is 77.6 cm³/mol. The van der Waals surface area contributed by atoms with E-state index in [0.717, 1.165) is 32.0 Å². The average Bonchev–Trinajstić information content (AvgIpc) is 2.41. The summed E-state index contributed by atoms with van der Waals surface area (Å²) in [5.41, 5.74) is -0.0285. The van der Waals surface area contributed by atoms with Crippen molar-refractivity contribution in [1.82, 2.24) is 14.9 Å². The lowest BCUT2D eigenvalue weighted by molar-refractivity contribution is 0.364. The van der Waals surface area contributed by atoms with Crippen LogP contribution in [0.4, 0.5) is 5.82 Å². The molecule has 2 rings (SSSR count). The quantitative estimate of drug-likeness (QED) is 0.848. The van der Waals surface area contributed by atoms with Crippen LogP contribution in [-0.2, 0) is 0 Å². The van der Waals surface area contributed by atoms with Crippen LogP contribution < -0.4 is 16.2 Å². The van der Waals surface area contributed by atoms with Crippen LogP contribution in [0, 0.1) is 5.92 Å². The summed E-state index contributed by atoms with van der Waals surface area (Å²) in [5, 5.41) is 6.59. The fourth-order valence-electron chi connectivity index (χ4n) is 2.52. The zero-order valence-electron chi connectivity index (χ0n) is 11.9. The van der Waals surface area contributed by atoms with E-state index in [1.165, 1.54) is 12.8 Å². The molecule has 1 aliphatic rings. The van der Waals surface area contributed by atoms with Crippen LogP contribution in [0.5, 0.6) is 0 Å². The number of piperidine rings is 1. The second-order valence-electron chi connectivity index (χ2n) is 5.51. The first-order valence-corrected chi connectivity index (χ1v) is 7.20. The van der Waals surface area contributed by atoms with Crippen molar-refractivity contribution >= 4 is 5.82 Å². The fourth-order valence-corrected chi connectivity index (χ4v) is 2.52. The summed E-state index contributed by atoms with van der Waals surface area (Å²) < 4.78 is 1.71. The maximum absolute atomic E-state index is 12.1. The Balaban J connectivity index is 1.89. The van der Waals surface area contributed by atoms with Crippen LogP contribution >= 0.6 is 0 Å². The molecule has 1 atom stereocenters. The molecule has 106 valence electrons. The van der Waals surface area contributed by atoms with Gasteiger partial charge in [0.05, 0.1) is 0 Å². The molecule has 0 amide bonds. The van der Waals surface area contributed by atoms with Gasteiger partial charge >= 0.3 is 0 Å². The smallest absolute Gasteiger partial charge is 0.293 e. The summed E-state index contributed by atoms with van der Waals surface area (Å²) in [4.78, 5) is 16.3. The van der Waals surface area contributed by atoms with E-state index in [2.05, 4.69) is 15.6 Å². The van der Waals surface area contributed by atoms with Gasteiger partial charge in [-0.3, -0.25) is 4.79 Å². The third kappa shape index (κ3) is 3.80.